The van der Waals surface area contributed by atoms with Crippen molar-refractivity contribution in [1.82, 2.24) is 10.3 Å². The molecule has 5 heteroatoms. The summed E-state index contributed by atoms with van der Waals surface area (Å²) in [5.41, 5.74) is 3.26. The van der Waals surface area contributed by atoms with Crippen LogP contribution < -0.4 is 10.1 Å². The number of aromatic nitrogens is 1. The SMILES string of the molecule is COc1ccc(/C=C2\C=C(c3nc4ccccc4s3)NC2=O)cc1. The van der Waals surface area contributed by atoms with Gasteiger partial charge in [-0.25, -0.2) is 4.98 Å². The van der Waals surface area contributed by atoms with Crippen LogP contribution in [0.5, 0.6) is 5.75 Å². The smallest absolute Gasteiger partial charge is 0.255 e. The number of amides is 1. The van der Waals surface area contributed by atoms with Gasteiger partial charge in [0.1, 0.15) is 10.8 Å². The topological polar surface area (TPSA) is 51.2 Å². The summed E-state index contributed by atoms with van der Waals surface area (Å²) in [6, 6.07) is 15.5. The third kappa shape index (κ3) is 2.70. The lowest BCUT2D eigenvalue weighted by Gasteiger charge is -1.99. The van der Waals surface area contributed by atoms with E-state index in [9.17, 15) is 4.79 Å². The highest BCUT2D eigenvalue weighted by Gasteiger charge is 2.21. The molecule has 1 amide bonds. The summed E-state index contributed by atoms with van der Waals surface area (Å²) in [6.45, 7) is 0. The van der Waals surface area contributed by atoms with Crippen LogP contribution in [0.3, 0.4) is 0 Å². The molecule has 4 nitrogen and oxygen atoms in total. The molecule has 1 aromatic heterocycles. The van der Waals surface area contributed by atoms with E-state index in [4.69, 9.17) is 4.74 Å². The second-order valence-corrected chi connectivity index (χ2v) is 6.40. The van der Waals surface area contributed by atoms with Crippen molar-refractivity contribution in [2.45, 2.75) is 0 Å². The predicted octanol–water partition coefficient (Wildman–Crippen LogP) is 3.86. The van der Waals surface area contributed by atoms with Gasteiger partial charge in [-0.15, -0.1) is 11.3 Å². The largest absolute Gasteiger partial charge is 0.497 e. The molecule has 0 saturated heterocycles. The number of nitrogens with zero attached hydrogens (tertiary/aromatic N) is 1. The molecule has 1 aliphatic heterocycles. The maximum absolute atomic E-state index is 12.2. The second-order valence-electron chi connectivity index (χ2n) is 5.37. The van der Waals surface area contributed by atoms with Gasteiger partial charge in [0.2, 0.25) is 0 Å². The molecule has 0 aliphatic carbocycles. The standard InChI is InChI=1S/C19H14N2O2S/c1-23-14-8-6-12(7-9-14)10-13-11-16(20-18(13)22)19-21-15-4-2-3-5-17(15)24-19/h2-11H,1H3,(H,20,22)/b13-10+. The van der Waals surface area contributed by atoms with E-state index in [1.54, 1.807) is 18.4 Å². The fourth-order valence-electron chi connectivity index (χ4n) is 2.54. The number of benzene rings is 2. The number of carbonyl (C=O) groups is 1. The highest BCUT2D eigenvalue weighted by molar-refractivity contribution is 7.19. The van der Waals surface area contributed by atoms with Crippen molar-refractivity contribution in [3.05, 3.63) is 70.8 Å². The number of nitrogens with one attached hydrogen (secondary N) is 1. The number of thiazole rings is 1. The van der Waals surface area contributed by atoms with Crippen LogP contribution in [-0.4, -0.2) is 18.0 Å². The lowest BCUT2D eigenvalue weighted by Crippen LogP contribution is -2.15. The summed E-state index contributed by atoms with van der Waals surface area (Å²) in [6.07, 6.45) is 3.71. The first kappa shape index (κ1) is 14.7. The molecule has 0 radical (unpaired) electrons. The van der Waals surface area contributed by atoms with Crippen LogP contribution in [-0.2, 0) is 4.79 Å². The van der Waals surface area contributed by atoms with Crippen molar-refractivity contribution in [3.63, 3.8) is 0 Å². The van der Waals surface area contributed by atoms with E-state index in [1.165, 1.54) is 0 Å². The fraction of sp³-hybridized carbons (Fsp3) is 0.0526. The molecule has 1 aliphatic rings. The van der Waals surface area contributed by atoms with E-state index < -0.39 is 0 Å². The number of rotatable bonds is 3. The van der Waals surface area contributed by atoms with Gasteiger partial charge in [0, 0.05) is 5.57 Å². The van der Waals surface area contributed by atoms with Crippen LogP contribution in [0, 0.1) is 0 Å². The van der Waals surface area contributed by atoms with Crippen LogP contribution in [0.15, 0.2) is 60.2 Å². The highest BCUT2D eigenvalue weighted by atomic mass is 32.1. The number of hydrogen-bond donors (Lipinski definition) is 1. The number of para-hydroxylation sites is 1. The summed E-state index contributed by atoms with van der Waals surface area (Å²) in [4.78, 5) is 16.8. The van der Waals surface area contributed by atoms with Crippen molar-refractivity contribution in [2.75, 3.05) is 7.11 Å². The Bertz CT molecular complexity index is 951. The van der Waals surface area contributed by atoms with Crippen molar-refractivity contribution >= 4 is 39.2 Å². The van der Waals surface area contributed by atoms with Gasteiger partial charge in [-0.05, 0) is 42.0 Å². The summed E-state index contributed by atoms with van der Waals surface area (Å²) >= 11 is 1.57. The molecule has 2 heterocycles. The Hall–Kier alpha value is -2.92. The van der Waals surface area contributed by atoms with Gasteiger partial charge in [-0.3, -0.25) is 4.79 Å². The Kier molecular flexibility index (Phi) is 3.63. The maximum Gasteiger partial charge on any atom is 0.255 e. The Morgan fingerprint density at radius 2 is 1.92 bits per heavy atom. The highest BCUT2D eigenvalue weighted by Crippen LogP contribution is 2.29. The van der Waals surface area contributed by atoms with E-state index in [1.807, 2.05) is 60.7 Å². The van der Waals surface area contributed by atoms with Crippen LogP contribution >= 0.6 is 11.3 Å². The maximum atomic E-state index is 12.2. The average Bonchev–Trinajstić information content (AvgIpc) is 3.19. The zero-order valence-corrected chi connectivity index (χ0v) is 13.8. The summed E-state index contributed by atoms with van der Waals surface area (Å²) in [5.74, 6) is 0.679. The molecule has 3 aromatic rings. The molecule has 0 atom stereocenters. The number of methoxy groups -OCH3 is 1. The van der Waals surface area contributed by atoms with Crippen molar-refractivity contribution < 1.29 is 9.53 Å². The summed E-state index contributed by atoms with van der Waals surface area (Å²) < 4.78 is 6.25. The minimum absolute atomic E-state index is 0.111. The van der Waals surface area contributed by atoms with Crippen LogP contribution in [0.1, 0.15) is 10.6 Å². The zero-order valence-electron chi connectivity index (χ0n) is 12.9. The van der Waals surface area contributed by atoms with Gasteiger partial charge in [-0.2, -0.15) is 0 Å². The monoisotopic (exact) mass is 334 g/mol. The van der Waals surface area contributed by atoms with Crippen LogP contribution in [0.25, 0.3) is 22.0 Å². The van der Waals surface area contributed by atoms with Gasteiger partial charge in [0.05, 0.1) is 23.0 Å². The lowest BCUT2D eigenvalue weighted by molar-refractivity contribution is -0.115. The van der Waals surface area contributed by atoms with E-state index in [-0.39, 0.29) is 5.91 Å². The lowest BCUT2D eigenvalue weighted by atomic mass is 10.1. The number of carbonyl (C=O) groups excluding carboxylic acids is 1. The molecular formula is C19H14N2O2S. The van der Waals surface area contributed by atoms with E-state index in [0.29, 0.717) is 5.57 Å². The van der Waals surface area contributed by atoms with Gasteiger partial charge < -0.3 is 10.1 Å². The van der Waals surface area contributed by atoms with E-state index >= 15 is 0 Å². The summed E-state index contributed by atoms with van der Waals surface area (Å²) in [7, 11) is 1.63. The Morgan fingerprint density at radius 1 is 1.12 bits per heavy atom. The quantitative estimate of drug-likeness (QED) is 0.740. The third-order valence-electron chi connectivity index (χ3n) is 3.77. The minimum atomic E-state index is -0.111. The summed E-state index contributed by atoms with van der Waals surface area (Å²) in [5, 5.41) is 3.72. The Labute approximate surface area is 143 Å². The number of ether oxygens (including phenoxy) is 1. The van der Waals surface area contributed by atoms with Gasteiger partial charge in [-0.1, -0.05) is 24.3 Å². The van der Waals surface area contributed by atoms with Crippen molar-refractivity contribution in [1.29, 1.82) is 0 Å². The normalized spacial score (nSPS) is 15.6. The number of fused-ring (bicyclic) bond motifs is 1. The van der Waals surface area contributed by atoms with Gasteiger partial charge in [0.25, 0.3) is 5.91 Å². The molecule has 2 aromatic carbocycles. The van der Waals surface area contributed by atoms with Crippen molar-refractivity contribution in [3.8, 4) is 5.75 Å². The molecule has 0 fully saturated rings. The predicted molar refractivity (Wildman–Crippen MR) is 96.7 cm³/mol. The van der Waals surface area contributed by atoms with Gasteiger partial charge >= 0.3 is 0 Å². The molecule has 118 valence electrons. The van der Waals surface area contributed by atoms with Crippen LogP contribution in [0.2, 0.25) is 0 Å². The first-order chi connectivity index (χ1) is 11.7. The van der Waals surface area contributed by atoms with E-state index in [0.717, 1.165) is 32.2 Å². The first-order valence-electron chi connectivity index (χ1n) is 7.48. The molecule has 0 bridgehead atoms. The molecule has 4 rings (SSSR count). The average molecular weight is 334 g/mol. The van der Waals surface area contributed by atoms with E-state index in [2.05, 4.69) is 10.3 Å². The van der Waals surface area contributed by atoms with Gasteiger partial charge in [0.15, 0.2) is 0 Å². The van der Waals surface area contributed by atoms with Crippen LogP contribution in [0.4, 0.5) is 0 Å². The zero-order chi connectivity index (χ0) is 16.5. The number of hydrogen-bond acceptors (Lipinski definition) is 4. The Balaban J connectivity index is 1.67. The third-order valence-corrected chi connectivity index (χ3v) is 4.84. The molecule has 0 saturated carbocycles. The molecule has 24 heavy (non-hydrogen) atoms. The van der Waals surface area contributed by atoms with Crippen molar-refractivity contribution in [2.24, 2.45) is 0 Å². The minimum Gasteiger partial charge on any atom is -0.497 e. The molecular weight excluding hydrogens is 320 g/mol. The molecule has 0 spiro atoms. The molecule has 0 unspecified atom stereocenters. The second kappa shape index (κ2) is 5.94. The fourth-order valence-corrected chi connectivity index (χ4v) is 3.48. The first-order valence-corrected chi connectivity index (χ1v) is 8.29. The Morgan fingerprint density at radius 3 is 2.67 bits per heavy atom. The molecule has 1 N–H and O–H groups in total.